The van der Waals surface area contributed by atoms with Gasteiger partial charge >= 0.3 is 0 Å². The lowest BCUT2D eigenvalue weighted by atomic mass is 10.0. The highest BCUT2D eigenvalue weighted by atomic mass is 127. The largest absolute Gasteiger partial charge is 0.497 e. The van der Waals surface area contributed by atoms with E-state index in [0.29, 0.717) is 12.5 Å². The number of benzene rings is 1. The van der Waals surface area contributed by atoms with E-state index in [1.807, 2.05) is 12.1 Å². The van der Waals surface area contributed by atoms with E-state index < -0.39 is 0 Å². The molecule has 20 heavy (non-hydrogen) atoms. The zero-order valence-electron chi connectivity index (χ0n) is 12.9. The average Bonchev–Trinajstić information content (AvgIpc) is 2.47. The molecule has 0 aliphatic carbocycles. The van der Waals surface area contributed by atoms with E-state index in [2.05, 4.69) is 61.6 Å². The van der Waals surface area contributed by atoms with Crippen LogP contribution >= 0.6 is 22.6 Å². The molecular weight excluding hydrogens is 363 g/mol. The molecule has 1 aromatic rings. The molecular formula is C17H25IO2. The molecule has 0 unspecified atom stereocenters. The molecule has 0 heterocycles. The SMILES string of the molecule is COc1ccc(CO[C@H](CC=C(C)C)[C@@H](C)CI)cc1. The number of alkyl halides is 1. The first-order valence-corrected chi connectivity index (χ1v) is 8.53. The topological polar surface area (TPSA) is 18.5 Å². The fourth-order valence-corrected chi connectivity index (χ4v) is 2.41. The number of hydrogen-bond acceptors (Lipinski definition) is 2. The van der Waals surface area contributed by atoms with Crippen LogP contribution in [0.3, 0.4) is 0 Å². The maximum atomic E-state index is 6.11. The molecule has 0 aliphatic heterocycles. The second-order valence-electron chi connectivity index (χ2n) is 5.35. The molecule has 0 bridgehead atoms. The molecule has 112 valence electrons. The summed E-state index contributed by atoms with van der Waals surface area (Å²) in [5, 5.41) is 0. The van der Waals surface area contributed by atoms with Crippen molar-refractivity contribution in [2.75, 3.05) is 11.5 Å². The number of ether oxygens (including phenoxy) is 2. The quantitative estimate of drug-likeness (QED) is 0.354. The molecule has 3 heteroatoms. The Labute approximate surface area is 136 Å². The summed E-state index contributed by atoms with van der Waals surface area (Å²) in [4.78, 5) is 0. The minimum atomic E-state index is 0.281. The Balaban J connectivity index is 2.58. The van der Waals surface area contributed by atoms with Crippen LogP contribution < -0.4 is 4.74 Å². The van der Waals surface area contributed by atoms with Crippen LogP contribution in [0, 0.1) is 5.92 Å². The van der Waals surface area contributed by atoms with Gasteiger partial charge in [0.25, 0.3) is 0 Å². The fourth-order valence-electron chi connectivity index (χ4n) is 1.84. The third-order valence-corrected chi connectivity index (χ3v) is 4.65. The number of hydrogen-bond donors (Lipinski definition) is 0. The predicted molar refractivity (Wildman–Crippen MR) is 93.7 cm³/mol. The van der Waals surface area contributed by atoms with Crippen LogP contribution in [0.15, 0.2) is 35.9 Å². The summed E-state index contributed by atoms with van der Waals surface area (Å²) in [6.07, 6.45) is 3.54. The van der Waals surface area contributed by atoms with Gasteiger partial charge < -0.3 is 9.47 Å². The second kappa shape index (κ2) is 9.40. The van der Waals surface area contributed by atoms with Gasteiger partial charge in [0.05, 0.1) is 19.8 Å². The number of rotatable bonds is 8. The zero-order chi connectivity index (χ0) is 15.0. The summed E-state index contributed by atoms with van der Waals surface area (Å²) >= 11 is 2.43. The number of halogens is 1. The van der Waals surface area contributed by atoms with Crippen LogP contribution in [0.25, 0.3) is 0 Å². The smallest absolute Gasteiger partial charge is 0.118 e. The van der Waals surface area contributed by atoms with Crippen molar-refractivity contribution in [3.63, 3.8) is 0 Å². The Hall–Kier alpha value is -0.550. The Morgan fingerprint density at radius 2 is 1.90 bits per heavy atom. The Morgan fingerprint density at radius 3 is 2.40 bits per heavy atom. The predicted octanol–water partition coefficient (Wildman–Crippen LogP) is 5.01. The molecule has 2 atom stereocenters. The van der Waals surface area contributed by atoms with Gasteiger partial charge in [0.1, 0.15) is 5.75 Å². The van der Waals surface area contributed by atoms with E-state index in [9.17, 15) is 0 Å². The highest BCUT2D eigenvalue weighted by Crippen LogP contribution is 2.19. The van der Waals surface area contributed by atoms with E-state index in [-0.39, 0.29) is 6.10 Å². The third kappa shape index (κ3) is 6.27. The van der Waals surface area contributed by atoms with Crippen molar-refractivity contribution in [2.24, 2.45) is 5.92 Å². The summed E-state index contributed by atoms with van der Waals surface area (Å²) in [6, 6.07) is 8.08. The van der Waals surface area contributed by atoms with Crippen LogP contribution in [0.2, 0.25) is 0 Å². The summed E-state index contributed by atoms with van der Waals surface area (Å²) < 4.78 is 12.4. The third-order valence-electron chi connectivity index (χ3n) is 3.26. The van der Waals surface area contributed by atoms with Crippen molar-refractivity contribution < 1.29 is 9.47 Å². The zero-order valence-corrected chi connectivity index (χ0v) is 15.0. The maximum Gasteiger partial charge on any atom is 0.118 e. The van der Waals surface area contributed by atoms with E-state index >= 15 is 0 Å². The normalized spacial score (nSPS) is 13.7. The van der Waals surface area contributed by atoms with Gasteiger partial charge in [0, 0.05) is 4.43 Å². The molecule has 0 N–H and O–H groups in total. The lowest BCUT2D eigenvalue weighted by molar-refractivity contribution is 0.0147. The van der Waals surface area contributed by atoms with Crippen LogP contribution in [-0.2, 0) is 11.3 Å². The summed E-state index contributed by atoms with van der Waals surface area (Å²) in [7, 11) is 1.68. The molecule has 0 amide bonds. The van der Waals surface area contributed by atoms with Gasteiger partial charge in [-0.05, 0) is 43.9 Å². The van der Waals surface area contributed by atoms with Crippen molar-refractivity contribution in [2.45, 2.75) is 39.9 Å². The first kappa shape index (κ1) is 17.5. The van der Waals surface area contributed by atoms with Gasteiger partial charge in [-0.2, -0.15) is 0 Å². The molecule has 0 aliphatic rings. The van der Waals surface area contributed by atoms with Crippen molar-refractivity contribution in [1.29, 1.82) is 0 Å². The molecule has 0 radical (unpaired) electrons. The van der Waals surface area contributed by atoms with E-state index in [1.54, 1.807) is 7.11 Å². The molecule has 1 rings (SSSR count). The van der Waals surface area contributed by atoms with Gasteiger partial charge in [-0.25, -0.2) is 0 Å². The van der Waals surface area contributed by atoms with E-state index in [0.717, 1.165) is 16.6 Å². The van der Waals surface area contributed by atoms with E-state index in [4.69, 9.17) is 9.47 Å². The minimum absolute atomic E-state index is 0.281. The number of methoxy groups -OCH3 is 1. The second-order valence-corrected chi connectivity index (χ2v) is 6.23. The lowest BCUT2D eigenvalue weighted by Gasteiger charge is -2.22. The molecule has 0 aromatic heterocycles. The minimum Gasteiger partial charge on any atom is -0.497 e. The van der Waals surface area contributed by atoms with Crippen LogP contribution in [0.4, 0.5) is 0 Å². The van der Waals surface area contributed by atoms with Gasteiger partial charge in [0.2, 0.25) is 0 Å². The molecule has 0 fully saturated rings. The molecule has 1 aromatic carbocycles. The first-order valence-electron chi connectivity index (χ1n) is 7.00. The summed E-state index contributed by atoms with van der Waals surface area (Å²) in [5.74, 6) is 1.44. The van der Waals surface area contributed by atoms with Gasteiger partial charge in [-0.1, -0.05) is 53.3 Å². The Kier molecular flexibility index (Phi) is 8.22. The van der Waals surface area contributed by atoms with E-state index in [1.165, 1.54) is 11.1 Å². The van der Waals surface area contributed by atoms with Crippen molar-refractivity contribution in [3.8, 4) is 5.75 Å². The van der Waals surface area contributed by atoms with Crippen LogP contribution in [0.5, 0.6) is 5.75 Å². The first-order chi connectivity index (χ1) is 9.56. The number of allylic oxidation sites excluding steroid dienone is 1. The average molecular weight is 388 g/mol. The summed E-state index contributed by atoms with van der Waals surface area (Å²) in [5.41, 5.74) is 2.54. The molecule has 0 saturated heterocycles. The Bertz CT molecular complexity index is 408. The summed E-state index contributed by atoms with van der Waals surface area (Å²) in [6.45, 7) is 7.18. The monoisotopic (exact) mass is 388 g/mol. The van der Waals surface area contributed by atoms with Gasteiger partial charge in [-0.15, -0.1) is 0 Å². The van der Waals surface area contributed by atoms with Crippen LogP contribution in [0.1, 0.15) is 32.8 Å². The lowest BCUT2D eigenvalue weighted by Crippen LogP contribution is -2.22. The van der Waals surface area contributed by atoms with Gasteiger partial charge in [0.15, 0.2) is 0 Å². The molecule has 0 saturated carbocycles. The van der Waals surface area contributed by atoms with Crippen molar-refractivity contribution in [3.05, 3.63) is 41.5 Å². The van der Waals surface area contributed by atoms with Crippen molar-refractivity contribution in [1.82, 2.24) is 0 Å². The van der Waals surface area contributed by atoms with Crippen molar-refractivity contribution >= 4 is 22.6 Å². The van der Waals surface area contributed by atoms with Crippen LogP contribution in [-0.4, -0.2) is 17.6 Å². The standard InChI is InChI=1S/C17H25IO2/c1-13(2)5-10-17(14(3)11-18)20-12-15-6-8-16(19-4)9-7-15/h5-9,14,17H,10-12H2,1-4H3/t14-,17+/m0/s1. The fraction of sp³-hybridized carbons (Fsp3) is 0.529. The highest BCUT2D eigenvalue weighted by molar-refractivity contribution is 14.1. The maximum absolute atomic E-state index is 6.11. The molecule has 0 spiro atoms. The Morgan fingerprint density at radius 1 is 1.25 bits per heavy atom. The highest BCUT2D eigenvalue weighted by Gasteiger charge is 2.15. The van der Waals surface area contributed by atoms with Gasteiger partial charge in [-0.3, -0.25) is 0 Å². The molecule has 2 nitrogen and oxygen atoms in total.